The normalized spacial score (nSPS) is 20.6. The molecule has 0 saturated carbocycles. The van der Waals surface area contributed by atoms with Crippen molar-refractivity contribution in [3.05, 3.63) is 23.5 Å². The van der Waals surface area contributed by atoms with Crippen LogP contribution in [0.3, 0.4) is 0 Å². The van der Waals surface area contributed by atoms with E-state index in [1.165, 1.54) is 0 Å². The van der Waals surface area contributed by atoms with Crippen molar-refractivity contribution >= 4 is 11.8 Å². The highest BCUT2D eigenvalue weighted by molar-refractivity contribution is 6.00. The molecule has 0 aliphatic heterocycles. The maximum absolute atomic E-state index is 11.5. The van der Waals surface area contributed by atoms with Gasteiger partial charge < -0.3 is 9.67 Å². The van der Waals surface area contributed by atoms with Gasteiger partial charge in [-0.1, -0.05) is 0 Å². The predicted molar refractivity (Wildman–Crippen MR) is 49.4 cm³/mol. The Balaban J connectivity index is 2.55. The second-order valence-electron chi connectivity index (χ2n) is 3.58. The van der Waals surface area contributed by atoms with E-state index in [-0.39, 0.29) is 5.78 Å². The van der Waals surface area contributed by atoms with Crippen molar-refractivity contribution in [2.45, 2.75) is 18.8 Å². The van der Waals surface area contributed by atoms with Gasteiger partial charge in [0.15, 0.2) is 5.78 Å². The Morgan fingerprint density at radius 2 is 2.36 bits per heavy atom. The van der Waals surface area contributed by atoms with Crippen molar-refractivity contribution in [3.63, 3.8) is 0 Å². The van der Waals surface area contributed by atoms with E-state index in [0.29, 0.717) is 24.1 Å². The predicted octanol–water partition coefficient (Wildman–Crippen LogP) is 1.17. The number of carbonyl (C=O) groups excluding carboxylic acids is 1. The van der Waals surface area contributed by atoms with E-state index in [9.17, 15) is 9.59 Å². The number of hydrogen-bond acceptors (Lipinski definition) is 2. The molecule has 1 aliphatic carbocycles. The third-order valence-electron chi connectivity index (χ3n) is 2.71. The van der Waals surface area contributed by atoms with Gasteiger partial charge in [-0.2, -0.15) is 0 Å². The van der Waals surface area contributed by atoms with Crippen molar-refractivity contribution in [2.75, 3.05) is 0 Å². The second kappa shape index (κ2) is 2.97. The van der Waals surface area contributed by atoms with Gasteiger partial charge in [0.25, 0.3) is 0 Å². The van der Waals surface area contributed by atoms with Crippen molar-refractivity contribution in [3.8, 4) is 0 Å². The molecule has 4 nitrogen and oxygen atoms in total. The van der Waals surface area contributed by atoms with E-state index in [1.54, 1.807) is 23.9 Å². The second-order valence-corrected chi connectivity index (χ2v) is 3.58. The monoisotopic (exact) mass is 193 g/mol. The van der Waals surface area contributed by atoms with Crippen LogP contribution in [0, 0.1) is 0 Å². The topological polar surface area (TPSA) is 59.3 Å². The summed E-state index contributed by atoms with van der Waals surface area (Å²) in [5.74, 6) is -1.32. The third kappa shape index (κ3) is 1.14. The molecule has 0 aromatic carbocycles. The fourth-order valence-electron chi connectivity index (χ4n) is 2.00. The molecule has 1 aliphatic rings. The molecule has 1 aromatic rings. The molecule has 0 saturated heterocycles. The molecule has 1 aromatic heterocycles. The maximum Gasteiger partial charge on any atom is 0.312 e. The number of carbonyl (C=O) groups is 2. The van der Waals surface area contributed by atoms with E-state index in [4.69, 9.17) is 5.11 Å². The van der Waals surface area contributed by atoms with Crippen molar-refractivity contribution in [1.82, 2.24) is 4.57 Å². The minimum atomic E-state index is -0.847. The number of Topliss-reactive ketones (excluding diaryl/α,β-unsaturated/α-hetero) is 1. The summed E-state index contributed by atoms with van der Waals surface area (Å²) in [5, 5.41) is 8.99. The molecule has 1 heterocycles. The summed E-state index contributed by atoms with van der Waals surface area (Å²) in [6.45, 7) is 0. The molecule has 1 unspecified atom stereocenters. The Kier molecular flexibility index (Phi) is 1.91. The highest BCUT2D eigenvalue weighted by atomic mass is 16.4. The van der Waals surface area contributed by atoms with E-state index in [1.807, 2.05) is 0 Å². The van der Waals surface area contributed by atoms with Crippen molar-refractivity contribution < 1.29 is 14.7 Å². The number of aromatic nitrogens is 1. The zero-order valence-electron chi connectivity index (χ0n) is 7.86. The van der Waals surface area contributed by atoms with Crippen LogP contribution >= 0.6 is 0 Å². The zero-order chi connectivity index (χ0) is 10.3. The number of carboxylic acids is 1. The van der Waals surface area contributed by atoms with E-state index < -0.39 is 11.9 Å². The summed E-state index contributed by atoms with van der Waals surface area (Å²) in [4.78, 5) is 22.4. The first-order chi connectivity index (χ1) is 6.61. The van der Waals surface area contributed by atoms with Crippen LogP contribution in [-0.2, 0) is 11.8 Å². The van der Waals surface area contributed by atoms with Gasteiger partial charge in [-0.3, -0.25) is 9.59 Å². The Bertz CT molecular complexity index is 405. The van der Waals surface area contributed by atoms with Crippen LogP contribution < -0.4 is 0 Å². The van der Waals surface area contributed by atoms with Crippen molar-refractivity contribution in [1.29, 1.82) is 0 Å². The highest BCUT2D eigenvalue weighted by Gasteiger charge is 2.32. The van der Waals surface area contributed by atoms with E-state index >= 15 is 0 Å². The van der Waals surface area contributed by atoms with Crippen LogP contribution in [0.2, 0.25) is 0 Å². The maximum atomic E-state index is 11.5. The molecular weight excluding hydrogens is 182 g/mol. The van der Waals surface area contributed by atoms with E-state index in [0.717, 1.165) is 0 Å². The SMILES string of the molecule is Cn1ccc2c1C(C(=O)O)CCC2=O. The standard InChI is InChI=1S/C10H11NO3/c1-11-5-4-6-8(12)3-2-7(9(6)11)10(13)14/h4-5,7H,2-3H2,1H3,(H,13,14). The van der Waals surface area contributed by atoms with Gasteiger partial charge in [-0.05, 0) is 12.5 Å². The van der Waals surface area contributed by atoms with Gasteiger partial charge in [0.2, 0.25) is 0 Å². The number of nitrogens with zero attached hydrogens (tertiary/aromatic N) is 1. The number of hydrogen-bond donors (Lipinski definition) is 1. The van der Waals surface area contributed by atoms with Gasteiger partial charge in [-0.15, -0.1) is 0 Å². The highest BCUT2D eigenvalue weighted by Crippen LogP contribution is 2.31. The van der Waals surface area contributed by atoms with Crippen LogP contribution in [0.15, 0.2) is 12.3 Å². The minimum Gasteiger partial charge on any atom is -0.481 e. The number of ketones is 1. The van der Waals surface area contributed by atoms with Gasteiger partial charge in [-0.25, -0.2) is 0 Å². The first-order valence-electron chi connectivity index (χ1n) is 4.52. The fourth-order valence-corrected chi connectivity index (χ4v) is 2.00. The van der Waals surface area contributed by atoms with Gasteiger partial charge in [0.1, 0.15) is 0 Å². The first kappa shape index (κ1) is 8.99. The molecule has 0 spiro atoms. The zero-order valence-corrected chi connectivity index (χ0v) is 7.86. The lowest BCUT2D eigenvalue weighted by Gasteiger charge is -2.19. The molecule has 0 radical (unpaired) electrons. The number of fused-ring (bicyclic) bond motifs is 1. The summed E-state index contributed by atoms with van der Waals surface area (Å²) in [5.41, 5.74) is 1.22. The lowest BCUT2D eigenvalue weighted by Crippen LogP contribution is -2.23. The lowest BCUT2D eigenvalue weighted by molar-refractivity contribution is -0.139. The van der Waals surface area contributed by atoms with E-state index in [2.05, 4.69) is 0 Å². The minimum absolute atomic E-state index is 0.0538. The number of aryl methyl sites for hydroxylation is 1. The molecule has 1 N–H and O–H groups in total. The van der Waals surface area contributed by atoms with Crippen LogP contribution in [0.25, 0.3) is 0 Å². The summed E-state index contributed by atoms with van der Waals surface area (Å²) in [7, 11) is 1.77. The number of carboxylic acid groups (broad SMARTS) is 1. The number of rotatable bonds is 1. The van der Waals surface area contributed by atoms with Crippen molar-refractivity contribution in [2.24, 2.45) is 7.05 Å². The molecule has 74 valence electrons. The number of aliphatic carboxylic acids is 1. The molecule has 1 atom stereocenters. The third-order valence-corrected chi connectivity index (χ3v) is 2.71. The van der Waals surface area contributed by atoms with Crippen LogP contribution in [0.5, 0.6) is 0 Å². The summed E-state index contributed by atoms with van der Waals surface area (Å²) >= 11 is 0. The Morgan fingerprint density at radius 1 is 1.64 bits per heavy atom. The Hall–Kier alpha value is -1.58. The molecule has 14 heavy (non-hydrogen) atoms. The molecule has 2 rings (SSSR count). The molecule has 0 amide bonds. The molecule has 4 heteroatoms. The molecule has 0 fully saturated rings. The summed E-state index contributed by atoms with van der Waals surface area (Å²) in [6.07, 6.45) is 2.50. The summed E-state index contributed by atoms with van der Waals surface area (Å²) in [6, 6.07) is 1.70. The van der Waals surface area contributed by atoms with Crippen LogP contribution in [0.4, 0.5) is 0 Å². The average Bonchev–Trinajstić information content (AvgIpc) is 2.50. The molecular formula is C10H11NO3. The Labute approximate surface area is 81.2 Å². The quantitative estimate of drug-likeness (QED) is 0.728. The van der Waals surface area contributed by atoms with Gasteiger partial charge in [0, 0.05) is 30.9 Å². The average molecular weight is 193 g/mol. The lowest BCUT2D eigenvalue weighted by atomic mass is 9.87. The van der Waals surface area contributed by atoms with Gasteiger partial charge >= 0.3 is 5.97 Å². The van der Waals surface area contributed by atoms with Gasteiger partial charge in [0.05, 0.1) is 5.92 Å². The summed E-state index contributed by atoms with van der Waals surface area (Å²) < 4.78 is 1.73. The molecule has 0 bridgehead atoms. The first-order valence-corrected chi connectivity index (χ1v) is 4.52. The van der Waals surface area contributed by atoms with Crippen LogP contribution in [-0.4, -0.2) is 21.4 Å². The smallest absolute Gasteiger partial charge is 0.312 e. The Morgan fingerprint density at radius 3 is 3.00 bits per heavy atom. The fraction of sp³-hybridized carbons (Fsp3) is 0.400. The van der Waals surface area contributed by atoms with Crippen LogP contribution in [0.1, 0.15) is 34.8 Å². The largest absolute Gasteiger partial charge is 0.481 e.